The molecule has 3 aromatic carbocycles. The normalized spacial score (nSPS) is 11.1. The summed E-state index contributed by atoms with van der Waals surface area (Å²) in [7, 11) is 0. The van der Waals surface area contributed by atoms with Gasteiger partial charge in [-0.05, 0) is 59.5 Å². The molecule has 0 spiro atoms. The highest BCUT2D eigenvalue weighted by molar-refractivity contribution is 6.04. The molecule has 3 rings (SSSR count). The Bertz CT molecular complexity index is 926. The molecule has 0 saturated carbocycles. The number of rotatable bonds is 4. The number of amides is 1. The first kappa shape index (κ1) is 18.6. The molecule has 0 aliphatic carbocycles. The van der Waals surface area contributed by atoms with Gasteiger partial charge in [0.2, 0.25) is 0 Å². The molecule has 0 saturated heterocycles. The minimum atomic E-state index is -0.548. The van der Waals surface area contributed by atoms with Crippen molar-refractivity contribution in [1.82, 2.24) is 0 Å². The topological polar surface area (TPSA) is 38.3 Å². The van der Waals surface area contributed by atoms with Crippen LogP contribution in [0.1, 0.15) is 36.7 Å². The molecule has 0 radical (unpaired) electrons. The summed E-state index contributed by atoms with van der Waals surface area (Å²) in [6.07, 6.45) is 0. The number of anilines is 1. The van der Waals surface area contributed by atoms with Gasteiger partial charge in [-0.1, -0.05) is 45.0 Å². The van der Waals surface area contributed by atoms with Crippen molar-refractivity contribution in [2.75, 3.05) is 5.32 Å². The van der Waals surface area contributed by atoms with Gasteiger partial charge in [0.25, 0.3) is 5.91 Å². The van der Waals surface area contributed by atoms with Crippen molar-refractivity contribution in [3.8, 4) is 11.5 Å². The van der Waals surface area contributed by atoms with Crippen LogP contribution < -0.4 is 10.1 Å². The zero-order valence-corrected chi connectivity index (χ0v) is 15.6. The molecule has 0 heterocycles. The van der Waals surface area contributed by atoms with Crippen molar-refractivity contribution in [3.63, 3.8) is 0 Å². The summed E-state index contributed by atoms with van der Waals surface area (Å²) in [4.78, 5) is 12.1. The molecule has 3 aromatic rings. The molecule has 0 unspecified atom stereocenters. The number of halogens is 1. The van der Waals surface area contributed by atoms with E-state index in [2.05, 4.69) is 38.2 Å². The van der Waals surface area contributed by atoms with E-state index in [1.165, 1.54) is 17.7 Å². The van der Waals surface area contributed by atoms with Crippen LogP contribution >= 0.6 is 0 Å². The van der Waals surface area contributed by atoms with E-state index < -0.39 is 11.7 Å². The van der Waals surface area contributed by atoms with Crippen molar-refractivity contribution < 1.29 is 13.9 Å². The summed E-state index contributed by atoms with van der Waals surface area (Å²) in [5.41, 5.74) is 1.91. The van der Waals surface area contributed by atoms with E-state index in [1.54, 1.807) is 36.4 Å². The first-order valence-electron chi connectivity index (χ1n) is 8.77. The second kappa shape index (κ2) is 7.62. The predicted octanol–water partition coefficient (Wildman–Crippen LogP) is 6.17. The Morgan fingerprint density at radius 2 is 1.41 bits per heavy atom. The van der Waals surface area contributed by atoms with Crippen LogP contribution in [0.2, 0.25) is 0 Å². The largest absolute Gasteiger partial charge is 0.457 e. The molecule has 1 N–H and O–H groups in total. The van der Waals surface area contributed by atoms with Crippen molar-refractivity contribution in [3.05, 3.63) is 89.7 Å². The molecule has 1 amide bonds. The van der Waals surface area contributed by atoms with Crippen LogP contribution in [0.15, 0.2) is 72.8 Å². The van der Waals surface area contributed by atoms with Gasteiger partial charge in [-0.2, -0.15) is 0 Å². The van der Waals surface area contributed by atoms with Crippen molar-refractivity contribution >= 4 is 11.6 Å². The van der Waals surface area contributed by atoms with E-state index >= 15 is 0 Å². The molecular formula is C23H22FNO2. The molecule has 27 heavy (non-hydrogen) atoms. The van der Waals surface area contributed by atoms with Gasteiger partial charge < -0.3 is 10.1 Å². The summed E-state index contributed by atoms with van der Waals surface area (Å²) in [6.45, 7) is 6.49. The van der Waals surface area contributed by atoms with E-state index in [0.717, 1.165) is 5.75 Å². The standard InChI is InChI=1S/C23H22FNO2/c1-23(2,3)16-8-12-18(13-9-16)27-19-14-10-17(11-15-19)25-22(26)20-6-4-5-7-21(20)24/h4-15H,1-3H3,(H,25,26). The third kappa shape index (κ3) is 4.73. The molecule has 0 aromatic heterocycles. The fourth-order valence-electron chi connectivity index (χ4n) is 2.61. The Morgan fingerprint density at radius 1 is 0.852 bits per heavy atom. The Hall–Kier alpha value is -3.14. The van der Waals surface area contributed by atoms with Crippen LogP contribution in [-0.2, 0) is 5.41 Å². The molecule has 0 bridgehead atoms. The minimum Gasteiger partial charge on any atom is -0.457 e. The smallest absolute Gasteiger partial charge is 0.258 e. The number of hydrogen-bond donors (Lipinski definition) is 1. The molecule has 0 atom stereocenters. The number of ether oxygens (including phenoxy) is 1. The number of nitrogens with one attached hydrogen (secondary N) is 1. The molecule has 4 heteroatoms. The SMILES string of the molecule is CC(C)(C)c1ccc(Oc2ccc(NC(=O)c3ccccc3F)cc2)cc1. The summed E-state index contributed by atoms with van der Waals surface area (Å²) in [5.74, 6) is 0.363. The van der Waals surface area contributed by atoms with Crippen LogP contribution in [0.4, 0.5) is 10.1 Å². The first-order chi connectivity index (χ1) is 12.8. The maximum atomic E-state index is 13.7. The highest BCUT2D eigenvalue weighted by Gasteiger charge is 2.13. The van der Waals surface area contributed by atoms with Crippen LogP contribution in [0.5, 0.6) is 11.5 Å². The lowest BCUT2D eigenvalue weighted by Crippen LogP contribution is -2.13. The lowest BCUT2D eigenvalue weighted by molar-refractivity contribution is 0.102. The quantitative estimate of drug-likeness (QED) is 0.602. The van der Waals surface area contributed by atoms with Gasteiger partial charge in [-0.15, -0.1) is 0 Å². The predicted molar refractivity (Wildman–Crippen MR) is 106 cm³/mol. The first-order valence-corrected chi connectivity index (χ1v) is 8.77. The van der Waals surface area contributed by atoms with Gasteiger partial charge in [0.15, 0.2) is 0 Å². The van der Waals surface area contributed by atoms with E-state index in [4.69, 9.17) is 4.74 Å². The average Bonchev–Trinajstić information content (AvgIpc) is 2.63. The molecule has 0 fully saturated rings. The molecular weight excluding hydrogens is 341 g/mol. The number of hydrogen-bond acceptors (Lipinski definition) is 2. The number of benzene rings is 3. The molecule has 0 aliphatic rings. The van der Waals surface area contributed by atoms with Crippen molar-refractivity contribution in [1.29, 1.82) is 0 Å². The van der Waals surface area contributed by atoms with Gasteiger partial charge >= 0.3 is 0 Å². The maximum Gasteiger partial charge on any atom is 0.258 e. The van der Waals surface area contributed by atoms with Crippen LogP contribution in [-0.4, -0.2) is 5.91 Å². The minimum absolute atomic E-state index is 0.0109. The summed E-state index contributed by atoms with van der Waals surface area (Å²) < 4.78 is 19.5. The molecule has 3 nitrogen and oxygen atoms in total. The molecule has 138 valence electrons. The third-order valence-corrected chi connectivity index (χ3v) is 4.19. The number of carbonyl (C=O) groups excluding carboxylic acids is 1. The van der Waals surface area contributed by atoms with E-state index in [-0.39, 0.29) is 11.0 Å². The highest BCUT2D eigenvalue weighted by atomic mass is 19.1. The Morgan fingerprint density at radius 3 is 1.96 bits per heavy atom. The van der Waals surface area contributed by atoms with Gasteiger partial charge in [0.05, 0.1) is 5.56 Å². The van der Waals surface area contributed by atoms with E-state index in [9.17, 15) is 9.18 Å². The zero-order valence-electron chi connectivity index (χ0n) is 15.6. The fourth-order valence-corrected chi connectivity index (χ4v) is 2.61. The second-order valence-electron chi connectivity index (χ2n) is 7.33. The lowest BCUT2D eigenvalue weighted by atomic mass is 9.87. The Labute approximate surface area is 158 Å². The zero-order chi connectivity index (χ0) is 19.4. The average molecular weight is 363 g/mol. The van der Waals surface area contributed by atoms with Gasteiger partial charge in [0.1, 0.15) is 17.3 Å². The molecule has 0 aliphatic heterocycles. The Kier molecular flexibility index (Phi) is 5.26. The Balaban J connectivity index is 1.65. The van der Waals surface area contributed by atoms with Gasteiger partial charge in [-0.25, -0.2) is 4.39 Å². The lowest BCUT2D eigenvalue weighted by Gasteiger charge is -2.19. The van der Waals surface area contributed by atoms with Gasteiger partial charge in [-0.3, -0.25) is 4.79 Å². The van der Waals surface area contributed by atoms with Crippen molar-refractivity contribution in [2.24, 2.45) is 0 Å². The van der Waals surface area contributed by atoms with Crippen LogP contribution in [0, 0.1) is 5.82 Å². The van der Waals surface area contributed by atoms with E-state index in [1.807, 2.05) is 12.1 Å². The summed E-state index contributed by atoms with van der Waals surface area (Å²) in [5, 5.41) is 2.68. The monoisotopic (exact) mass is 363 g/mol. The van der Waals surface area contributed by atoms with Crippen LogP contribution in [0.25, 0.3) is 0 Å². The van der Waals surface area contributed by atoms with E-state index in [0.29, 0.717) is 11.4 Å². The third-order valence-electron chi connectivity index (χ3n) is 4.19. The second-order valence-corrected chi connectivity index (χ2v) is 7.33. The highest BCUT2D eigenvalue weighted by Crippen LogP contribution is 2.27. The maximum absolute atomic E-state index is 13.7. The number of carbonyl (C=O) groups is 1. The fraction of sp³-hybridized carbons (Fsp3) is 0.174. The summed E-state index contributed by atoms with van der Waals surface area (Å²) >= 11 is 0. The van der Waals surface area contributed by atoms with Crippen molar-refractivity contribution in [2.45, 2.75) is 26.2 Å². The van der Waals surface area contributed by atoms with Crippen LogP contribution in [0.3, 0.4) is 0 Å². The summed E-state index contributed by atoms with van der Waals surface area (Å²) in [6, 6.07) is 20.8. The van der Waals surface area contributed by atoms with Gasteiger partial charge in [0, 0.05) is 5.69 Å².